The van der Waals surface area contributed by atoms with Crippen LogP contribution in [0.25, 0.3) is 0 Å². The molecule has 7 atom stereocenters. The number of aliphatic hydroxyl groups is 5. The molecule has 1 saturated heterocycles. The number of unbranched alkanes of at least 4 members (excludes halogenated alkanes) is 55. The molecule has 11 heteroatoms. The van der Waals surface area contributed by atoms with Crippen LogP contribution in [0.5, 0.6) is 0 Å². The summed E-state index contributed by atoms with van der Waals surface area (Å²) in [6, 6.07) is -0.822. The first-order valence-corrected chi connectivity index (χ1v) is 39.6. The van der Waals surface area contributed by atoms with Gasteiger partial charge in [0.05, 0.1) is 32.0 Å². The van der Waals surface area contributed by atoms with Crippen molar-refractivity contribution in [3.05, 3.63) is 24.3 Å². The number of carbonyl (C=O) groups excluding carboxylic acids is 2. The van der Waals surface area contributed by atoms with Crippen LogP contribution < -0.4 is 5.32 Å². The minimum absolute atomic E-state index is 0.0196. The molecule has 1 amide bonds. The Labute approximate surface area is 556 Å². The Morgan fingerprint density at radius 3 is 1.10 bits per heavy atom. The molecule has 0 radical (unpaired) electrons. The summed E-state index contributed by atoms with van der Waals surface area (Å²) in [6.45, 7) is 4.36. The van der Waals surface area contributed by atoms with Crippen molar-refractivity contribution in [3.63, 3.8) is 0 Å². The van der Waals surface area contributed by atoms with E-state index in [9.17, 15) is 35.1 Å². The number of nitrogens with one attached hydrogen (secondary N) is 1. The highest BCUT2D eigenvalue weighted by Gasteiger charge is 2.44. The van der Waals surface area contributed by atoms with E-state index in [1.807, 2.05) is 6.08 Å². The molecule has 1 fully saturated rings. The Morgan fingerprint density at radius 2 is 0.722 bits per heavy atom. The number of hydrogen-bond donors (Lipinski definition) is 6. The zero-order chi connectivity index (χ0) is 65.1. The summed E-state index contributed by atoms with van der Waals surface area (Å²) in [6.07, 6.45) is 78.0. The average Bonchev–Trinajstić information content (AvgIpc) is 3.37. The van der Waals surface area contributed by atoms with Crippen LogP contribution in [0.15, 0.2) is 24.3 Å². The minimum Gasteiger partial charge on any atom is -0.466 e. The second-order valence-electron chi connectivity index (χ2n) is 27.8. The largest absolute Gasteiger partial charge is 0.466 e. The molecule has 6 N–H and O–H groups in total. The van der Waals surface area contributed by atoms with E-state index in [0.717, 1.165) is 51.4 Å². The highest BCUT2D eigenvalue weighted by atomic mass is 16.7. The lowest BCUT2D eigenvalue weighted by Gasteiger charge is -2.40. The van der Waals surface area contributed by atoms with Crippen molar-refractivity contribution < 1.29 is 49.3 Å². The molecule has 7 unspecified atom stereocenters. The Hall–Kier alpha value is -1.86. The molecule has 0 aromatic heterocycles. The van der Waals surface area contributed by atoms with Crippen molar-refractivity contribution in [3.8, 4) is 0 Å². The van der Waals surface area contributed by atoms with Crippen LogP contribution in [0.4, 0.5) is 0 Å². The zero-order valence-electron chi connectivity index (χ0n) is 59.4. The molecule has 532 valence electrons. The fourth-order valence-corrected chi connectivity index (χ4v) is 12.9. The second kappa shape index (κ2) is 68.5. The van der Waals surface area contributed by atoms with E-state index in [1.54, 1.807) is 6.08 Å². The first-order chi connectivity index (χ1) is 44.2. The van der Waals surface area contributed by atoms with Crippen LogP contribution in [-0.4, -0.2) is 100 Å². The normalized spacial score (nSPS) is 17.7. The average molecular weight is 1280 g/mol. The van der Waals surface area contributed by atoms with Gasteiger partial charge in [-0.05, 0) is 44.9 Å². The van der Waals surface area contributed by atoms with Gasteiger partial charge in [0.2, 0.25) is 5.91 Å². The van der Waals surface area contributed by atoms with Gasteiger partial charge in [-0.15, -0.1) is 0 Å². The smallest absolute Gasteiger partial charge is 0.305 e. The van der Waals surface area contributed by atoms with Crippen LogP contribution in [0, 0.1) is 0 Å². The van der Waals surface area contributed by atoms with Gasteiger partial charge in [-0.1, -0.05) is 372 Å². The van der Waals surface area contributed by atoms with Crippen LogP contribution in [0.1, 0.15) is 406 Å². The molecule has 90 heavy (non-hydrogen) atoms. The van der Waals surface area contributed by atoms with Gasteiger partial charge in [0.25, 0.3) is 0 Å². The predicted octanol–water partition coefficient (Wildman–Crippen LogP) is 21.1. The molecule has 1 aliphatic heterocycles. The summed E-state index contributed by atoms with van der Waals surface area (Å²) in [7, 11) is 0. The van der Waals surface area contributed by atoms with Crippen molar-refractivity contribution in [2.24, 2.45) is 0 Å². The zero-order valence-corrected chi connectivity index (χ0v) is 59.4. The molecule has 0 spiro atoms. The number of amides is 1. The van der Waals surface area contributed by atoms with Crippen LogP contribution in [0.2, 0.25) is 0 Å². The molecule has 0 aromatic rings. The molecule has 0 aliphatic carbocycles. The quantitative estimate of drug-likeness (QED) is 0.0195. The highest BCUT2D eigenvalue weighted by molar-refractivity contribution is 5.76. The summed E-state index contributed by atoms with van der Waals surface area (Å²) in [4.78, 5) is 25.1. The van der Waals surface area contributed by atoms with Gasteiger partial charge < -0.3 is 45.1 Å². The molecule has 1 rings (SSSR count). The van der Waals surface area contributed by atoms with Crippen molar-refractivity contribution in [2.75, 3.05) is 19.8 Å². The standard InChI is InChI=1S/C79H151NO10/c1-3-5-7-9-11-13-15-47-51-55-59-63-67-75(84)88-68-64-60-56-52-48-44-42-40-38-36-34-32-30-28-26-24-22-20-18-16-17-19-21-23-25-27-29-31-33-35-37-39-41-43-46-50-54-58-62-66-74(83)80-71(70-89-79-78(87)77(86)76(85)73(69-81)90-79)72(82)65-61-57-53-49-45-14-12-10-8-6-4-2/h45,49,61,65,71-73,76-79,81-82,85-87H,3-44,46-48,50-60,62-64,66-70H2,1-2H3,(H,80,83)/b49-45+,65-61+. The van der Waals surface area contributed by atoms with Crippen LogP contribution >= 0.6 is 0 Å². The van der Waals surface area contributed by atoms with E-state index in [-0.39, 0.29) is 18.5 Å². The second-order valence-corrected chi connectivity index (χ2v) is 27.8. The summed E-state index contributed by atoms with van der Waals surface area (Å²) < 4.78 is 16.7. The molecular weight excluding hydrogens is 1120 g/mol. The van der Waals surface area contributed by atoms with Gasteiger partial charge in [0.1, 0.15) is 24.4 Å². The maximum Gasteiger partial charge on any atom is 0.305 e. The van der Waals surface area contributed by atoms with E-state index in [2.05, 4.69) is 31.3 Å². The number of ether oxygens (including phenoxy) is 3. The van der Waals surface area contributed by atoms with E-state index in [4.69, 9.17) is 14.2 Å². The summed E-state index contributed by atoms with van der Waals surface area (Å²) in [5.74, 6) is -0.165. The molecule has 0 aromatic carbocycles. The summed E-state index contributed by atoms with van der Waals surface area (Å²) in [5.41, 5.74) is 0. The van der Waals surface area contributed by atoms with E-state index >= 15 is 0 Å². The lowest BCUT2D eigenvalue weighted by atomic mass is 9.99. The lowest BCUT2D eigenvalue weighted by Crippen LogP contribution is -2.60. The molecule has 0 bridgehead atoms. The monoisotopic (exact) mass is 1270 g/mol. The number of aliphatic hydroxyl groups excluding tert-OH is 5. The maximum absolute atomic E-state index is 13.1. The molecule has 1 heterocycles. The van der Waals surface area contributed by atoms with Gasteiger partial charge >= 0.3 is 5.97 Å². The summed E-state index contributed by atoms with van der Waals surface area (Å²) >= 11 is 0. The minimum atomic E-state index is -1.57. The summed E-state index contributed by atoms with van der Waals surface area (Å²) in [5, 5.41) is 54.4. The third-order valence-corrected chi connectivity index (χ3v) is 19.1. The SMILES string of the molecule is CCCCCCC/C=C/CC/C=C/C(O)C(COC1OC(CO)C(O)C(O)C1O)NC(=O)CCCCCCCCCCCCCCCCCCCCCCCCCCCCCCCCCCCCCCCCCOC(=O)CCCCCCCCCCCCCC. The maximum atomic E-state index is 13.1. The van der Waals surface area contributed by atoms with Gasteiger partial charge in [0.15, 0.2) is 6.29 Å². The highest BCUT2D eigenvalue weighted by Crippen LogP contribution is 2.24. The first kappa shape index (κ1) is 86.2. The number of carbonyl (C=O) groups is 2. The number of esters is 1. The van der Waals surface area contributed by atoms with Crippen LogP contribution in [-0.2, 0) is 23.8 Å². The molecule has 11 nitrogen and oxygen atoms in total. The fraction of sp³-hybridized carbons (Fsp3) is 0.924. The van der Waals surface area contributed by atoms with Gasteiger partial charge in [-0.3, -0.25) is 9.59 Å². The Morgan fingerprint density at radius 1 is 0.400 bits per heavy atom. The number of allylic oxidation sites excluding steroid dienone is 3. The van der Waals surface area contributed by atoms with E-state index < -0.39 is 49.5 Å². The topological polar surface area (TPSA) is 175 Å². The van der Waals surface area contributed by atoms with Crippen molar-refractivity contribution >= 4 is 11.9 Å². The van der Waals surface area contributed by atoms with Gasteiger partial charge in [-0.25, -0.2) is 0 Å². The van der Waals surface area contributed by atoms with Crippen molar-refractivity contribution in [1.29, 1.82) is 0 Å². The van der Waals surface area contributed by atoms with Crippen molar-refractivity contribution in [2.45, 2.75) is 448 Å². The Bertz CT molecular complexity index is 1540. The Balaban J connectivity index is 1.86. The first-order valence-electron chi connectivity index (χ1n) is 39.6. The third kappa shape index (κ3) is 56.5. The molecule has 0 saturated carbocycles. The Kier molecular flexibility index (Phi) is 65.6. The fourth-order valence-electron chi connectivity index (χ4n) is 12.9. The number of rotatable bonds is 71. The van der Waals surface area contributed by atoms with E-state index in [1.165, 1.54) is 327 Å². The van der Waals surface area contributed by atoms with E-state index in [0.29, 0.717) is 19.4 Å². The lowest BCUT2D eigenvalue weighted by molar-refractivity contribution is -0.302. The molecular formula is C79H151NO10. The number of hydrogen-bond acceptors (Lipinski definition) is 10. The van der Waals surface area contributed by atoms with Gasteiger partial charge in [-0.2, -0.15) is 0 Å². The van der Waals surface area contributed by atoms with Gasteiger partial charge in [0, 0.05) is 12.8 Å². The van der Waals surface area contributed by atoms with Crippen molar-refractivity contribution in [1.82, 2.24) is 5.32 Å². The third-order valence-electron chi connectivity index (χ3n) is 19.1. The van der Waals surface area contributed by atoms with Crippen LogP contribution in [0.3, 0.4) is 0 Å². The predicted molar refractivity (Wildman–Crippen MR) is 380 cm³/mol. The molecule has 1 aliphatic rings.